The van der Waals surface area contributed by atoms with E-state index in [1.54, 1.807) is 5.57 Å². The molecule has 1 aliphatic carbocycles. The lowest BCUT2D eigenvalue weighted by Crippen LogP contribution is -2.19. The van der Waals surface area contributed by atoms with E-state index in [0.29, 0.717) is 5.41 Å². The average Bonchev–Trinajstić information content (AvgIpc) is 2.37. The number of hydrogen-bond acceptors (Lipinski definition) is 0. The zero-order valence-corrected chi connectivity index (χ0v) is 14.1. The number of allylic oxidation sites excluding steroid dienone is 10. The minimum atomic E-state index is 0.330. The minimum Gasteiger partial charge on any atom is -0.0847 e. The summed E-state index contributed by atoms with van der Waals surface area (Å²) in [6.45, 7) is 13.4. The van der Waals surface area contributed by atoms with Crippen LogP contribution in [0.2, 0.25) is 0 Å². The van der Waals surface area contributed by atoms with Gasteiger partial charge in [0.1, 0.15) is 0 Å². The first-order valence-electron chi connectivity index (χ1n) is 7.73. The Balaban J connectivity index is 2.81. The molecule has 0 spiro atoms. The van der Waals surface area contributed by atoms with E-state index in [4.69, 9.17) is 0 Å². The smallest absolute Gasteiger partial charge is 0.0104 e. The van der Waals surface area contributed by atoms with Crippen LogP contribution in [0, 0.1) is 5.41 Å². The molecule has 0 saturated heterocycles. The molecular formula is C20H30. The molecule has 0 aromatic heterocycles. The SMILES string of the molecule is C/C=C(/C)C=CC=C(C)C=CC1=C(C)CCCC1(C)C. The van der Waals surface area contributed by atoms with Gasteiger partial charge in [0.2, 0.25) is 0 Å². The fourth-order valence-electron chi connectivity index (χ4n) is 2.73. The molecule has 0 nitrogen and oxygen atoms in total. The van der Waals surface area contributed by atoms with Crippen molar-refractivity contribution in [1.82, 2.24) is 0 Å². The summed E-state index contributed by atoms with van der Waals surface area (Å²) in [5.74, 6) is 0. The number of rotatable bonds is 4. The van der Waals surface area contributed by atoms with Crippen molar-refractivity contribution in [1.29, 1.82) is 0 Å². The molecule has 0 heteroatoms. The predicted octanol–water partition coefficient (Wildman–Crippen LogP) is 6.54. The van der Waals surface area contributed by atoms with Gasteiger partial charge < -0.3 is 0 Å². The molecule has 0 fully saturated rings. The Labute approximate surface area is 125 Å². The molecule has 0 N–H and O–H groups in total. The van der Waals surface area contributed by atoms with E-state index in [2.05, 4.69) is 78.0 Å². The maximum atomic E-state index is 2.36. The zero-order chi connectivity index (χ0) is 15.2. The van der Waals surface area contributed by atoms with Crippen LogP contribution in [0.3, 0.4) is 0 Å². The Hall–Kier alpha value is -1.30. The van der Waals surface area contributed by atoms with Crippen LogP contribution in [0.5, 0.6) is 0 Å². The molecule has 0 aliphatic heterocycles. The third kappa shape index (κ3) is 5.00. The van der Waals surface area contributed by atoms with Crippen molar-refractivity contribution in [3.63, 3.8) is 0 Å². The molecule has 110 valence electrons. The molecule has 1 rings (SSSR count). The van der Waals surface area contributed by atoms with Crippen LogP contribution in [0.4, 0.5) is 0 Å². The summed E-state index contributed by atoms with van der Waals surface area (Å²) in [5.41, 5.74) is 6.02. The van der Waals surface area contributed by atoms with Gasteiger partial charge in [-0.1, -0.05) is 67.0 Å². The van der Waals surface area contributed by atoms with E-state index in [1.807, 2.05) is 0 Å². The zero-order valence-electron chi connectivity index (χ0n) is 14.1. The normalized spacial score (nSPS) is 21.3. The highest BCUT2D eigenvalue weighted by Gasteiger charge is 2.26. The van der Waals surface area contributed by atoms with Crippen LogP contribution < -0.4 is 0 Å². The molecule has 0 heterocycles. The summed E-state index contributed by atoms with van der Waals surface area (Å²) in [4.78, 5) is 0. The maximum Gasteiger partial charge on any atom is -0.0104 e. The Bertz CT molecular complexity index is 476. The molecule has 20 heavy (non-hydrogen) atoms. The van der Waals surface area contributed by atoms with Crippen molar-refractivity contribution in [3.8, 4) is 0 Å². The second-order valence-corrected chi connectivity index (χ2v) is 6.57. The summed E-state index contributed by atoms with van der Waals surface area (Å²) >= 11 is 0. The van der Waals surface area contributed by atoms with Gasteiger partial charge in [-0.15, -0.1) is 0 Å². The molecule has 0 aromatic carbocycles. The van der Waals surface area contributed by atoms with Gasteiger partial charge >= 0.3 is 0 Å². The van der Waals surface area contributed by atoms with Crippen LogP contribution in [0.25, 0.3) is 0 Å². The average molecular weight is 270 g/mol. The first kappa shape index (κ1) is 16.8. The van der Waals surface area contributed by atoms with Crippen molar-refractivity contribution in [2.24, 2.45) is 5.41 Å². The van der Waals surface area contributed by atoms with Gasteiger partial charge in [-0.25, -0.2) is 0 Å². The summed E-state index contributed by atoms with van der Waals surface area (Å²) < 4.78 is 0. The maximum absolute atomic E-state index is 2.36. The molecule has 0 aromatic rings. The van der Waals surface area contributed by atoms with Gasteiger partial charge in [0.05, 0.1) is 0 Å². The van der Waals surface area contributed by atoms with E-state index in [9.17, 15) is 0 Å². The molecule has 0 bridgehead atoms. The van der Waals surface area contributed by atoms with E-state index in [1.165, 1.54) is 36.0 Å². The third-order valence-electron chi connectivity index (χ3n) is 4.23. The summed E-state index contributed by atoms with van der Waals surface area (Å²) in [5, 5.41) is 0. The van der Waals surface area contributed by atoms with E-state index < -0.39 is 0 Å². The highest BCUT2D eigenvalue weighted by molar-refractivity contribution is 5.37. The molecular weight excluding hydrogens is 240 g/mol. The van der Waals surface area contributed by atoms with E-state index >= 15 is 0 Å². The highest BCUT2D eigenvalue weighted by Crippen LogP contribution is 2.40. The van der Waals surface area contributed by atoms with E-state index in [0.717, 1.165) is 0 Å². The van der Waals surface area contributed by atoms with Crippen molar-refractivity contribution in [2.45, 2.75) is 60.8 Å². The van der Waals surface area contributed by atoms with Gasteiger partial charge in [0.15, 0.2) is 0 Å². The lowest BCUT2D eigenvalue weighted by Gasteiger charge is -2.32. The Kier molecular flexibility index (Phi) is 6.26. The first-order chi connectivity index (χ1) is 9.36. The van der Waals surface area contributed by atoms with Gasteiger partial charge in [-0.3, -0.25) is 0 Å². The Morgan fingerprint density at radius 1 is 1.10 bits per heavy atom. The molecule has 1 aliphatic rings. The lowest BCUT2D eigenvalue weighted by atomic mass is 9.72. The quantitative estimate of drug-likeness (QED) is 0.509. The molecule has 0 amide bonds. The van der Waals surface area contributed by atoms with Crippen molar-refractivity contribution in [3.05, 3.63) is 58.7 Å². The van der Waals surface area contributed by atoms with Gasteiger partial charge in [-0.05, 0) is 57.9 Å². The second kappa shape index (κ2) is 7.47. The monoisotopic (exact) mass is 270 g/mol. The topological polar surface area (TPSA) is 0 Å². The van der Waals surface area contributed by atoms with E-state index in [-0.39, 0.29) is 0 Å². The van der Waals surface area contributed by atoms with Crippen LogP contribution in [0.15, 0.2) is 58.7 Å². The van der Waals surface area contributed by atoms with Crippen LogP contribution in [0.1, 0.15) is 60.8 Å². The highest BCUT2D eigenvalue weighted by atomic mass is 14.3. The van der Waals surface area contributed by atoms with Crippen molar-refractivity contribution in [2.75, 3.05) is 0 Å². The first-order valence-corrected chi connectivity index (χ1v) is 7.73. The fraction of sp³-hybridized carbons (Fsp3) is 0.500. The molecule has 0 unspecified atom stereocenters. The summed E-state index contributed by atoms with van der Waals surface area (Å²) in [6, 6.07) is 0. The van der Waals surface area contributed by atoms with Crippen molar-refractivity contribution < 1.29 is 0 Å². The van der Waals surface area contributed by atoms with Gasteiger partial charge in [0.25, 0.3) is 0 Å². The molecule has 0 atom stereocenters. The van der Waals surface area contributed by atoms with Crippen molar-refractivity contribution >= 4 is 0 Å². The minimum absolute atomic E-state index is 0.330. The van der Waals surface area contributed by atoms with Gasteiger partial charge in [-0.2, -0.15) is 0 Å². The summed E-state index contributed by atoms with van der Waals surface area (Å²) in [7, 11) is 0. The third-order valence-corrected chi connectivity index (χ3v) is 4.23. The molecule has 0 radical (unpaired) electrons. The number of hydrogen-bond donors (Lipinski definition) is 0. The predicted molar refractivity (Wildman–Crippen MR) is 91.8 cm³/mol. The summed E-state index contributed by atoms with van der Waals surface area (Å²) in [6.07, 6.45) is 17.0. The lowest BCUT2D eigenvalue weighted by molar-refractivity contribution is 0.377. The van der Waals surface area contributed by atoms with Crippen LogP contribution in [-0.4, -0.2) is 0 Å². The largest absolute Gasteiger partial charge is 0.0847 e. The van der Waals surface area contributed by atoms with Gasteiger partial charge in [0, 0.05) is 0 Å². The second-order valence-electron chi connectivity index (χ2n) is 6.57. The van der Waals surface area contributed by atoms with Crippen LogP contribution in [-0.2, 0) is 0 Å². The molecule has 0 saturated carbocycles. The Morgan fingerprint density at radius 3 is 2.40 bits per heavy atom. The Morgan fingerprint density at radius 2 is 1.80 bits per heavy atom. The fourth-order valence-corrected chi connectivity index (χ4v) is 2.73. The van der Waals surface area contributed by atoms with Crippen LogP contribution >= 0.6 is 0 Å². The standard InChI is InChI=1S/C20H30/c1-7-16(2)10-8-11-17(3)13-14-19-18(4)12-9-15-20(19,5)6/h7-8,10-11,13-14H,9,12,15H2,1-6H3/b10-8?,14-13?,16-7-,17-11?.